The van der Waals surface area contributed by atoms with E-state index in [4.69, 9.17) is 17.3 Å². The Balaban J connectivity index is 2.82. The molecule has 1 aromatic rings. The Labute approximate surface area is 100 Å². The van der Waals surface area contributed by atoms with Gasteiger partial charge in [0.05, 0.1) is 5.02 Å². The van der Waals surface area contributed by atoms with Crippen LogP contribution in [0.25, 0.3) is 0 Å². The van der Waals surface area contributed by atoms with E-state index < -0.39 is 5.82 Å². The fourth-order valence-electron chi connectivity index (χ4n) is 1.47. The number of hydrogen-bond donors (Lipinski definition) is 1. The second kappa shape index (κ2) is 6.66. The highest BCUT2D eigenvalue weighted by Crippen LogP contribution is 2.19. The van der Waals surface area contributed by atoms with Crippen molar-refractivity contribution in [2.45, 2.75) is 19.8 Å². The molecule has 1 heterocycles. The molecule has 90 valence electrons. The average Bonchev–Trinajstić information content (AvgIpc) is 2.25. The van der Waals surface area contributed by atoms with E-state index in [1.54, 1.807) is 0 Å². The molecule has 0 atom stereocenters. The van der Waals surface area contributed by atoms with Crippen LogP contribution in [-0.4, -0.2) is 24.6 Å². The van der Waals surface area contributed by atoms with Crippen LogP contribution in [0.15, 0.2) is 12.3 Å². The lowest BCUT2D eigenvalue weighted by Gasteiger charge is -2.23. The summed E-state index contributed by atoms with van der Waals surface area (Å²) in [6.07, 6.45) is 3.50. The van der Waals surface area contributed by atoms with Crippen molar-refractivity contribution in [2.75, 3.05) is 24.5 Å². The third-order valence-electron chi connectivity index (χ3n) is 2.27. The number of hydrogen-bond acceptors (Lipinski definition) is 3. The maximum atomic E-state index is 13.6. The van der Waals surface area contributed by atoms with Crippen LogP contribution >= 0.6 is 11.6 Å². The molecule has 0 fully saturated rings. The summed E-state index contributed by atoms with van der Waals surface area (Å²) >= 11 is 5.66. The number of rotatable bonds is 6. The maximum Gasteiger partial charge on any atom is 0.167 e. The Bertz CT molecular complexity index is 333. The van der Waals surface area contributed by atoms with Gasteiger partial charge in [-0.25, -0.2) is 9.37 Å². The van der Waals surface area contributed by atoms with Gasteiger partial charge in [0.25, 0.3) is 0 Å². The van der Waals surface area contributed by atoms with Gasteiger partial charge in [-0.05, 0) is 12.5 Å². The minimum atomic E-state index is -0.392. The number of unbranched alkanes of at least 4 members (excludes halogenated alkanes) is 1. The maximum absolute atomic E-state index is 13.6. The van der Waals surface area contributed by atoms with Gasteiger partial charge in [-0.3, -0.25) is 0 Å². The molecule has 0 amide bonds. The molecule has 0 aromatic carbocycles. The number of halogens is 2. The van der Waals surface area contributed by atoms with E-state index in [1.807, 2.05) is 4.90 Å². The quantitative estimate of drug-likeness (QED) is 0.837. The Morgan fingerprint density at radius 3 is 2.81 bits per heavy atom. The topological polar surface area (TPSA) is 42.1 Å². The van der Waals surface area contributed by atoms with Gasteiger partial charge in [0.1, 0.15) is 0 Å². The summed E-state index contributed by atoms with van der Waals surface area (Å²) in [6, 6.07) is 1.28. The third-order valence-corrected chi connectivity index (χ3v) is 2.48. The lowest BCUT2D eigenvalue weighted by molar-refractivity contribution is 0.603. The second-order valence-electron chi connectivity index (χ2n) is 3.59. The van der Waals surface area contributed by atoms with Crippen molar-refractivity contribution in [1.82, 2.24) is 4.98 Å². The van der Waals surface area contributed by atoms with Crippen molar-refractivity contribution in [2.24, 2.45) is 5.73 Å². The second-order valence-corrected chi connectivity index (χ2v) is 4.02. The smallest absolute Gasteiger partial charge is 0.167 e. The fourth-order valence-corrected chi connectivity index (χ4v) is 1.61. The normalized spacial score (nSPS) is 10.5. The first-order valence-corrected chi connectivity index (χ1v) is 5.83. The number of nitrogens with zero attached hydrogens (tertiary/aromatic N) is 2. The molecule has 0 unspecified atom stereocenters. The fraction of sp³-hybridized carbons (Fsp3) is 0.545. The molecule has 0 bridgehead atoms. The predicted octanol–water partition coefficient (Wildman–Crippen LogP) is 2.44. The van der Waals surface area contributed by atoms with Crippen molar-refractivity contribution in [3.8, 4) is 0 Å². The highest BCUT2D eigenvalue weighted by Gasteiger charge is 2.12. The highest BCUT2D eigenvalue weighted by molar-refractivity contribution is 6.30. The Kier molecular flexibility index (Phi) is 5.49. The number of nitrogens with two attached hydrogens (primary N) is 1. The van der Waals surface area contributed by atoms with E-state index in [2.05, 4.69) is 11.9 Å². The minimum absolute atomic E-state index is 0.310. The molecule has 0 saturated carbocycles. The molecule has 0 saturated heterocycles. The van der Waals surface area contributed by atoms with Crippen molar-refractivity contribution >= 4 is 17.4 Å². The predicted molar refractivity (Wildman–Crippen MR) is 65.4 cm³/mol. The van der Waals surface area contributed by atoms with E-state index in [0.717, 1.165) is 19.4 Å². The Morgan fingerprint density at radius 2 is 2.25 bits per heavy atom. The van der Waals surface area contributed by atoms with Crippen molar-refractivity contribution in [3.05, 3.63) is 23.1 Å². The van der Waals surface area contributed by atoms with Crippen LogP contribution in [-0.2, 0) is 0 Å². The SMILES string of the molecule is CCCCN(CCN)c1ncc(Cl)cc1F. The van der Waals surface area contributed by atoms with Crippen molar-refractivity contribution < 1.29 is 4.39 Å². The van der Waals surface area contributed by atoms with Crippen LogP contribution < -0.4 is 10.6 Å². The molecule has 0 spiro atoms. The molecule has 1 rings (SSSR count). The first-order valence-electron chi connectivity index (χ1n) is 5.45. The number of pyridine rings is 1. The summed E-state index contributed by atoms with van der Waals surface area (Å²) in [7, 11) is 0. The molecule has 1 aromatic heterocycles. The summed E-state index contributed by atoms with van der Waals surface area (Å²) in [4.78, 5) is 5.87. The van der Waals surface area contributed by atoms with Crippen LogP contribution in [0.4, 0.5) is 10.2 Å². The van der Waals surface area contributed by atoms with Gasteiger partial charge in [-0.1, -0.05) is 24.9 Å². The summed E-state index contributed by atoms with van der Waals surface area (Å²) in [5, 5.41) is 0.310. The first-order chi connectivity index (χ1) is 7.69. The molecule has 0 aliphatic heterocycles. The molecule has 2 N–H and O–H groups in total. The van der Waals surface area contributed by atoms with Crippen molar-refractivity contribution in [3.63, 3.8) is 0 Å². The molecule has 0 aliphatic rings. The van der Waals surface area contributed by atoms with Crippen LogP contribution in [0.3, 0.4) is 0 Å². The largest absolute Gasteiger partial charge is 0.353 e. The van der Waals surface area contributed by atoms with Gasteiger partial charge in [-0.15, -0.1) is 0 Å². The molecule has 0 aliphatic carbocycles. The van der Waals surface area contributed by atoms with Crippen LogP contribution in [0.2, 0.25) is 5.02 Å². The summed E-state index contributed by atoms with van der Waals surface area (Å²) < 4.78 is 13.6. The van der Waals surface area contributed by atoms with E-state index in [9.17, 15) is 4.39 Å². The first kappa shape index (κ1) is 13.2. The molecule has 16 heavy (non-hydrogen) atoms. The number of anilines is 1. The average molecular weight is 246 g/mol. The number of aromatic nitrogens is 1. The molecule has 3 nitrogen and oxygen atoms in total. The van der Waals surface area contributed by atoms with E-state index >= 15 is 0 Å². The van der Waals surface area contributed by atoms with Gasteiger partial charge in [0.15, 0.2) is 11.6 Å². The molecule has 5 heteroatoms. The molecule has 0 radical (unpaired) electrons. The third kappa shape index (κ3) is 3.61. The van der Waals surface area contributed by atoms with Gasteiger partial charge < -0.3 is 10.6 Å². The zero-order chi connectivity index (χ0) is 12.0. The van der Waals surface area contributed by atoms with Gasteiger partial charge >= 0.3 is 0 Å². The van der Waals surface area contributed by atoms with Crippen LogP contribution in [0.1, 0.15) is 19.8 Å². The zero-order valence-corrected chi connectivity index (χ0v) is 10.2. The molecular weight excluding hydrogens is 229 g/mol. The summed E-state index contributed by atoms with van der Waals surface area (Å²) in [6.45, 7) is 3.94. The van der Waals surface area contributed by atoms with E-state index in [-0.39, 0.29) is 0 Å². The Hall–Kier alpha value is -0.870. The monoisotopic (exact) mass is 245 g/mol. The zero-order valence-electron chi connectivity index (χ0n) is 9.42. The van der Waals surface area contributed by atoms with Gasteiger partial charge in [0, 0.05) is 25.8 Å². The van der Waals surface area contributed by atoms with Gasteiger partial charge in [0.2, 0.25) is 0 Å². The minimum Gasteiger partial charge on any atom is -0.353 e. The lowest BCUT2D eigenvalue weighted by atomic mass is 10.3. The summed E-state index contributed by atoms with van der Waals surface area (Å²) in [5.41, 5.74) is 5.50. The highest BCUT2D eigenvalue weighted by atomic mass is 35.5. The summed E-state index contributed by atoms with van der Waals surface area (Å²) in [5.74, 6) is -0.0552. The molecular formula is C11H17ClFN3. The standard InChI is InChI=1S/C11H17ClFN3/c1-2-3-5-16(6-4-14)11-10(13)7-9(12)8-15-11/h7-8H,2-6,14H2,1H3. The van der Waals surface area contributed by atoms with Crippen molar-refractivity contribution in [1.29, 1.82) is 0 Å². The van der Waals surface area contributed by atoms with E-state index in [1.165, 1.54) is 12.3 Å². The van der Waals surface area contributed by atoms with Crippen LogP contribution in [0, 0.1) is 5.82 Å². The van der Waals surface area contributed by atoms with Gasteiger partial charge in [-0.2, -0.15) is 0 Å². The van der Waals surface area contributed by atoms with E-state index in [0.29, 0.717) is 23.9 Å². The Morgan fingerprint density at radius 1 is 1.50 bits per heavy atom. The lowest BCUT2D eigenvalue weighted by Crippen LogP contribution is -2.31. The van der Waals surface area contributed by atoms with Crippen LogP contribution in [0.5, 0.6) is 0 Å².